The minimum absolute atomic E-state index is 0.0197. The normalized spacial score (nSPS) is 14.2. The van der Waals surface area contributed by atoms with Crippen molar-refractivity contribution in [2.24, 2.45) is 11.1 Å². The number of carbonyl (C=O) groups is 1. The highest BCUT2D eigenvalue weighted by molar-refractivity contribution is 6.31. The van der Waals surface area contributed by atoms with Crippen LogP contribution in [-0.2, 0) is 4.79 Å². The molecule has 0 aromatic heterocycles. The number of carbonyl (C=O) groups excluding carboxylic acids is 1. The summed E-state index contributed by atoms with van der Waals surface area (Å²) in [5, 5.41) is 2.66. The lowest BCUT2D eigenvalue weighted by atomic mass is 9.86. The predicted octanol–water partition coefficient (Wildman–Crippen LogP) is 2.79. The Morgan fingerprint density at radius 3 is 2.71 bits per heavy atom. The molecule has 0 bridgehead atoms. The highest BCUT2D eigenvalue weighted by Crippen LogP contribution is 2.24. The lowest BCUT2D eigenvalue weighted by molar-refractivity contribution is -0.124. The first-order chi connectivity index (χ1) is 7.92. The molecule has 0 saturated heterocycles. The van der Waals surface area contributed by atoms with Gasteiger partial charge in [-0.15, -0.1) is 0 Å². The zero-order valence-electron chi connectivity index (χ0n) is 9.89. The van der Waals surface area contributed by atoms with Crippen molar-refractivity contribution in [3.05, 3.63) is 29.0 Å². The Hall–Kier alpha value is -1.13. The van der Waals surface area contributed by atoms with Crippen LogP contribution in [0.5, 0.6) is 0 Å². The third-order valence-corrected chi connectivity index (χ3v) is 3.25. The molecule has 0 heterocycles. The average molecular weight is 259 g/mol. The first-order valence-electron chi connectivity index (χ1n) is 5.39. The second-order valence-electron chi connectivity index (χ2n) is 4.20. The van der Waals surface area contributed by atoms with Crippen molar-refractivity contribution in [2.45, 2.75) is 20.3 Å². The molecule has 3 nitrogen and oxygen atoms in total. The van der Waals surface area contributed by atoms with Gasteiger partial charge < -0.3 is 11.1 Å². The number of hydrogen-bond donors (Lipinski definition) is 2. The van der Waals surface area contributed by atoms with E-state index in [-0.39, 0.29) is 17.5 Å². The molecule has 1 atom stereocenters. The van der Waals surface area contributed by atoms with Gasteiger partial charge in [-0.2, -0.15) is 0 Å². The van der Waals surface area contributed by atoms with Crippen molar-refractivity contribution in [1.82, 2.24) is 0 Å². The maximum Gasteiger partial charge on any atom is 0.231 e. The molecule has 0 aliphatic rings. The molecular formula is C12H16ClFN2O. The van der Waals surface area contributed by atoms with E-state index in [1.165, 1.54) is 18.2 Å². The molecule has 1 amide bonds. The quantitative estimate of drug-likeness (QED) is 0.873. The summed E-state index contributed by atoms with van der Waals surface area (Å²) < 4.78 is 12.9. The third-order valence-electron chi connectivity index (χ3n) is 2.96. The molecule has 1 unspecified atom stereocenters. The Balaban J connectivity index is 2.84. The Bertz CT molecular complexity index is 419. The van der Waals surface area contributed by atoms with E-state index in [9.17, 15) is 9.18 Å². The molecular weight excluding hydrogens is 243 g/mol. The van der Waals surface area contributed by atoms with Crippen molar-refractivity contribution in [1.29, 1.82) is 0 Å². The Labute approximate surface area is 105 Å². The predicted molar refractivity (Wildman–Crippen MR) is 67.5 cm³/mol. The number of amides is 1. The molecule has 0 aliphatic heterocycles. The van der Waals surface area contributed by atoms with Crippen LogP contribution in [0.3, 0.4) is 0 Å². The number of nitrogens with one attached hydrogen (secondary N) is 1. The fraction of sp³-hybridized carbons (Fsp3) is 0.417. The van der Waals surface area contributed by atoms with Gasteiger partial charge in [0, 0.05) is 12.2 Å². The monoisotopic (exact) mass is 258 g/mol. The average Bonchev–Trinajstić information content (AvgIpc) is 2.32. The van der Waals surface area contributed by atoms with Gasteiger partial charge in [0.2, 0.25) is 5.91 Å². The summed E-state index contributed by atoms with van der Waals surface area (Å²) in [6.45, 7) is 3.93. The molecule has 1 rings (SSSR count). The molecule has 0 fully saturated rings. The van der Waals surface area contributed by atoms with Gasteiger partial charge in [-0.1, -0.05) is 18.5 Å². The second-order valence-corrected chi connectivity index (χ2v) is 4.61. The minimum Gasteiger partial charge on any atom is -0.329 e. The summed E-state index contributed by atoms with van der Waals surface area (Å²) in [5.74, 6) is -0.702. The molecule has 17 heavy (non-hydrogen) atoms. The summed E-state index contributed by atoms with van der Waals surface area (Å²) in [6, 6.07) is 4.05. The lowest BCUT2D eigenvalue weighted by Gasteiger charge is -2.24. The lowest BCUT2D eigenvalue weighted by Crippen LogP contribution is -2.39. The first kappa shape index (κ1) is 13.9. The van der Waals surface area contributed by atoms with Gasteiger partial charge in [0.15, 0.2) is 0 Å². The van der Waals surface area contributed by atoms with E-state index in [0.29, 0.717) is 12.1 Å². The standard InChI is InChI=1S/C12H16ClFN2O/c1-3-12(2,7-15)11(17)16-8-4-5-10(14)9(13)6-8/h4-6H,3,7,15H2,1-2H3,(H,16,17). The SMILES string of the molecule is CCC(C)(CN)C(=O)Nc1ccc(F)c(Cl)c1. The van der Waals surface area contributed by atoms with Crippen LogP contribution in [0.1, 0.15) is 20.3 Å². The van der Waals surface area contributed by atoms with Gasteiger partial charge in [-0.05, 0) is 31.5 Å². The molecule has 1 aromatic rings. The number of hydrogen-bond acceptors (Lipinski definition) is 2. The Kier molecular flexibility index (Phi) is 4.48. The van der Waals surface area contributed by atoms with Gasteiger partial charge >= 0.3 is 0 Å². The van der Waals surface area contributed by atoms with Crippen molar-refractivity contribution >= 4 is 23.2 Å². The number of nitrogens with two attached hydrogens (primary N) is 1. The molecule has 3 N–H and O–H groups in total. The summed E-state index contributed by atoms with van der Waals surface area (Å²) in [6.07, 6.45) is 0.629. The van der Waals surface area contributed by atoms with Gasteiger partial charge in [0.25, 0.3) is 0 Å². The van der Waals surface area contributed by atoms with E-state index in [1.807, 2.05) is 6.92 Å². The van der Waals surface area contributed by atoms with Crippen LogP contribution in [0.2, 0.25) is 5.02 Å². The molecule has 0 saturated carbocycles. The van der Waals surface area contributed by atoms with E-state index >= 15 is 0 Å². The molecule has 0 spiro atoms. The van der Waals surface area contributed by atoms with E-state index in [4.69, 9.17) is 17.3 Å². The second kappa shape index (κ2) is 5.47. The summed E-state index contributed by atoms with van der Waals surface area (Å²) in [4.78, 5) is 12.0. The van der Waals surface area contributed by atoms with Gasteiger partial charge in [0.1, 0.15) is 5.82 Å². The zero-order chi connectivity index (χ0) is 13.1. The minimum atomic E-state index is -0.624. The van der Waals surface area contributed by atoms with E-state index < -0.39 is 11.2 Å². The van der Waals surface area contributed by atoms with Gasteiger partial charge in [0.05, 0.1) is 10.4 Å². The Morgan fingerprint density at radius 2 is 2.24 bits per heavy atom. The van der Waals surface area contributed by atoms with Crippen LogP contribution >= 0.6 is 11.6 Å². The van der Waals surface area contributed by atoms with Crippen LogP contribution in [0.25, 0.3) is 0 Å². The summed E-state index contributed by atoms with van der Waals surface area (Å²) in [7, 11) is 0. The third kappa shape index (κ3) is 3.17. The van der Waals surface area contributed by atoms with Crippen molar-refractivity contribution in [3.8, 4) is 0 Å². The fourth-order valence-electron chi connectivity index (χ4n) is 1.25. The van der Waals surface area contributed by atoms with Crippen LogP contribution in [0.15, 0.2) is 18.2 Å². The van der Waals surface area contributed by atoms with Crippen LogP contribution in [-0.4, -0.2) is 12.5 Å². The van der Waals surface area contributed by atoms with Crippen LogP contribution < -0.4 is 11.1 Å². The van der Waals surface area contributed by atoms with Gasteiger partial charge in [-0.3, -0.25) is 4.79 Å². The topological polar surface area (TPSA) is 55.1 Å². The molecule has 5 heteroatoms. The van der Waals surface area contributed by atoms with E-state index in [0.717, 1.165) is 0 Å². The van der Waals surface area contributed by atoms with E-state index in [1.54, 1.807) is 6.92 Å². The molecule has 0 radical (unpaired) electrons. The van der Waals surface area contributed by atoms with Crippen molar-refractivity contribution < 1.29 is 9.18 Å². The van der Waals surface area contributed by atoms with Gasteiger partial charge in [-0.25, -0.2) is 4.39 Å². The van der Waals surface area contributed by atoms with Crippen molar-refractivity contribution in [2.75, 3.05) is 11.9 Å². The van der Waals surface area contributed by atoms with Crippen LogP contribution in [0.4, 0.5) is 10.1 Å². The smallest absolute Gasteiger partial charge is 0.231 e. The number of anilines is 1. The maximum absolute atomic E-state index is 12.9. The zero-order valence-corrected chi connectivity index (χ0v) is 10.6. The number of halogens is 2. The first-order valence-corrected chi connectivity index (χ1v) is 5.77. The van der Waals surface area contributed by atoms with Crippen LogP contribution in [0, 0.1) is 11.2 Å². The summed E-state index contributed by atoms with van der Waals surface area (Å²) >= 11 is 5.63. The van der Waals surface area contributed by atoms with E-state index in [2.05, 4.69) is 5.32 Å². The summed E-state index contributed by atoms with van der Waals surface area (Å²) in [5.41, 5.74) is 5.42. The highest BCUT2D eigenvalue weighted by Gasteiger charge is 2.29. The molecule has 1 aromatic carbocycles. The van der Waals surface area contributed by atoms with Crippen molar-refractivity contribution in [3.63, 3.8) is 0 Å². The highest BCUT2D eigenvalue weighted by atomic mass is 35.5. The Morgan fingerprint density at radius 1 is 1.59 bits per heavy atom. The molecule has 94 valence electrons. The number of rotatable bonds is 4. The molecule has 0 aliphatic carbocycles. The largest absolute Gasteiger partial charge is 0.329 e. The number of benzene rings is 1. The maximum atomic E-state index is 12.9. The fourth-order valence-corrected chi connectivity index (χ4v) is 1.43.